The number of nitrogens with one attached hydrogen (secondary N) is 1. The van der Waals surface area contributed by atoms with Crippen LogP contribution in [-0.2, 0) is 0 Å². The third-order valence-electron chi connectivity index (χ3n) is 4.89. The molecule has 4 rings (SSSR count). The zero-order valence-corrected chi connectivity index (χ0v) is 16.3. The van der Waals surface area contributed by atoms with Crippen LogP contribution in [0.3, 0.4) is 0 Å². The van der Waals surface area contributed by atoms with E-state index in [-0.39, 0.29) is 23.3 Å². The molecule has 9 heteroatoms. The van der Waals surface area contributed by atoms with Crippen molar-refractivity contribution in [3.8, 4) is 0 Å². The monoisotopic (exact) mass is 393 g/mol. The van der Waals surface area contributed by atoms with Gasteiger partial charge in [-0.2, -0.15) is 0 Å². The molecule has 0 atom stereocenters. The van der Waals surface area contributed by atoms with E-state index in [2.05, 4.69) is 25.2 Å². The number of nitrogens with zero attached hydrogens (tertiary/aromatic N) is 6. The number of pyridine rings is 1. The van der Waals surface area contributed by atoms with Gasteiger partial charge in [-0.1, -0.05) is 13.0 Å². The number of fused-ring (bicyclic) bond motifs is 1. The lowest BCUT2D eigenvalue weighted by Gasteiger charge is -2.34. The Labute approximate surface area is 168 Å². The van der Waals surface area contributed by atoms with Crippen molar-refractivity contribution in [2.45, 2.75) is 13.3 Å². The fourth-order valence-electron chi connectivity index (χ4n) is 3.38. The lowest BCUT2D eigenvalue weighted by Crippen LogP contribution is -2.49. The van der Waals surface area contributed by atoms with Crippen LogP contribution >= 0.6 is 0 Å². The summed E-state index contributed by atoms with van der Waals surface area (Å²) in [4.78, 5) is 42.4. The van der Waals surface area contributed by atoms with Crippen LogP contribution in [0.1, 0.15) is 34.5 Å². The number of hydrogen-bond donors (Lipinski definition) is 1. The second kappa shape index (κ2) is 8.26. The van der Waals surface area contributed by atoms with Crippen molar-refractivity contribution in [3.05, 3.63) is 54.4 Å². The third-order valence-corrected chi connectivity index (χ3v) is 4.89. The lowest BCUT2D eigenvalue weighted by molar-refractivity contribution is 0.0733. The van der Waals surface area contributed by atoms with Gasteiger partial charge in [0, 0.05) is 51.3 Å². The molecule has 3 aromatic heterocycles. The number of carbonyl (C=O) groups excluding carboxylic acids is 2. The number of aromatic nitrogens is 4. The summed E-state index contributed by atoms with van der Waals surface area (Å²) in [6.07, 6.45) is 6.02. The van der Waals surface area contributed by atoms with E-state index in [9.17, 15) is 9.59 Å². The Hall–Kier alpha value is -3.49. The van der Waals surface area contributed by atoms with E-state index >= 15 is 0 Å². The van der Waals surface area contributed by atoms with Gasteiger partial charge in [-0.3, -0.25) is 14.0 Å². The fraction of sp³-hybridized carbons (Fsp3) is 0.350. The number of anilines is 1. The fourth-order valence-corrected chi connectivity index (χ4v) is 3.38. The maximum Gasteiger partial charge on any atom is 0.290 e. The Morgan fingerprint density at radius 1 is 1.07 bits per heavy atom. The number of carbonyl (C=O) groups is 2. The molecule has 150 valence electrons. The number of rotatable bonds is 5. The number of amides is 2. The summed E-state index contributed by atoms with van der Waals surface area (Å²) in [5.74, 6) is 0.474. The molecule has 0 unspecified atom stereocenters. The van der Waals surface area contributed by atoms with Gasteiger partial charge in [-0.05, 0) is 24.6 Å². The molecule has 1 saturated heterocycles. The SMILES string of the molecule is CCCNC(=O)c1nc(C(=O)N2CCN(c3ncccn3)CC2)n2ccccc12. The molecule has 2 amide bonds. The first-order chi connectivity index (χ1) is 14.2. The first-order valence-corrected chi connectivity index (χ1v) is 9.75. The summed E-state index contributed by atoms with van der Waals surface area (Å²) < 4.78 is 1.69. The predicted octanol–water partition coefficient (Wildman–Crippen LogP) is 1.23. The average molecular weight is 393 g/mol. The molecule has 0 aromatic carbocycles. The molecular formula is C20H23N7O2. The molecule has 1 aliphatic heterocycles. The van der Waals surface area contributed by atoms with E-state index in [0.29, 0.717) is 44.2 Å². The zero-order valence-electron chi connectivity index (χ0n) is 16.3. The van der Waals surface area contributed by atoms with E-state index < -0.39 is 0 Å². The molecule has 29 heavy (non-hydrogen) atoms. The maximum atomic E-state index is 13.2. The number of imidazole rings is 1. The van der Waals surface area contributed by atoms with Crippen molar-refractivity contribution >= 4 is 23.3 Å². The Morgan fingerprint density at radius 2 is 1.83 bits per heavy atom. The number of piperazine rings is 1. The first kappa shape index (κ1) is 18.9. The van der Waals surface area contributed by atoms with Gasteiger partial charge in [0.2, 0.25) is 11.8 Å². The minimum Gasteiger partial charge on any atom is -0.351 e. The summed E-state index contributed by atoms with van der Waals surface area (Å²) in [5, 5.41) is 2.84. The van der Waals surface area contributed by atoms with Gasteiger partial charge in [0.15, 0.2) is 5.69 Å². The molecule has 0 aliphatic carbocycles. The Morgan fingerprint density at radius 3 is 2.55 bits per heavy atom. The van der Waals surface area contributed by atoms with E-state index in [1.165, 1.54) is 0 Å². The second-order valence-electron chi connectivity index (χ2n) is 6.82. The molecule has 0 saturated carbocycles. The van der Waals surface area contributed by atoms with Crippen molar-refractivity contribution in [2.24, 2.45) is 0 Å². The molecule has 4 heterocycles. The van der Waals surface area contributed by atoms with E-state index in [1.807, 2.05) is 19.1 Å². The van der Waals surface area contributed by atoms with Crippen LogP contribution in [0.2, 0.25) is 0 Å². The van der Waals surface area contributed by atoms with Gasteiger partial charge < -0.3 is 15.1 Å². The van der Waals surface area contributed by atoms with Gasteiger partial charge in [-0.25, -0.2) is 15.0 Å². The highest BCUT2D eigenvalue weighted by molar-refractivity contribution is 6.02. The average Bonchev–Trinajstić information content (AvgIpc) is 3.17. The normalized spacial score (nSPS) is 14.2. The minimum atomic E-state index is -0.263. The molecule has 0 radical (unpaired) electrons. The highest BCUT2D eigenvalue weighted by Gasteiger charge is 2.28. The summed E-state index contributed by atoms with van der Waals surface area (Å²) in [6.45, 7) is 4.91. The zero-order chi connectivity index (χ0) is 20.2. The Bertz CT molecular complexity index is 1010. The van der Waals surface area contributed by atoms with Crippen LogP contribution < -0.4 is 10.2 Å². The van der Waals surface area contributed by atoms with Gasteiger partial charge in [0.05, 0.1) is 5.52 Å². The Balaban J connectivity index is 1.54. The summed E-state index contributed by atoms with van der Waals surface area (Å²) in [5.41, 5.74) is 0.902. The van der Waals surface area contributed by atoms with Crippen molar-refractivity contribution < 1.29 is 9.59 Å². The molecule has 1 N–H and O–H groups in total. The molecule has 1 aliphatic rings. The van der Waals surface area contributed by atoms with Crippen LogP contribution in [0.4, 0.5) is 5.95 Å². The predicted molar refractivity (Wildman–Crippen MR) is 108 cm³/mol. The van der Waals surface area contributed by atoms with Crippen LogP contribution in [0.15, 0.2) is 42.9 Å². The highest BCUT2D eigenvalue weighted by Crippen LogP contribution is 2.17. The second-order valence-corrected chi connectivity index (χ2v) is 6.82. The van der Waals surface area contributed by atoms with Crippen molar-refractivity contribution in [2.75, 3.05) is 37.6 Å². The maximum absolute atomic E-state index is 13.2. The van der Waals surface area contributed by atoms with Crippen molar-refractivity contribution in [1.82, 2.24) is 29.6 Å². The Kier molecular flexibility index (Phi) is 5.37. The van der Waals surface area contributed by atoms with Crippen LogP contribution in [0.5, 0.6) is 0 Å². The van der Waals surface area contributed by atoms with E-state index in [4.69, 9.17) is 0 Å². The van der Waals surface area contributed by atoms with Crippen LogP contribution in [0, 0.1) is 0 Å². The minimum absolute atomic E-state index is 0.186. The van der Waals surface area contributed by atoms with Gasteiger partial charge in [0.1, 0.15) is 0 Å². The van der Waals surface area contributed by atoms with Crippen molar-refractivity contribution in [1.29, 1.82) is 0 Å². The molecule has 0 spiro atoms. The molecule has 9 nitrogen and oxygen atoms in total. The lowest BCUT2D eigenvalue weighted by atomic mass is 10.3. The highest BCUT2D eigenvalue weighted by atomic mass is 16.2. The first-order valence-electron chi connectivity index (χ1n) is 9.75. The topological polar surface area (TPSA) is 95.7 Å². The van der Waals surface area contributed by atoms with Gasteiger partial charge in [-0.15, -0.1) is 0 Å². The summed E-state index contributed by atoms with van der Waals surface area (Å²) in [6, 6.07) is 7.24. The largest absolute Gasteiger partial charge is 0.351 e. The van der Waals surface area contributed by atoms with Crippen LogP contribution in [-0.4, -0.2) is 68.8 Å². The molecule has 3 aromatic rings. The standard InChI is InChI=1S/C20H23N7O2/c1-2-7-21-18(28)16-15-6-3-4-10-27(15)17(24-16)19(29)25-11-13-26(14-12-25)20-22-8-5-9-23-20/h3-6,8-10H,2,7,11-14H2,1H3,(H,21,28). The van der Waals surface area contributed by atoms with Gasteiger partial charge in [0.25, 0.3) is 11.8 Å². The van der Waals surface area contributed by atoms with Crippen LogP contribution in [0.25, 0.3) is 5.52 Å². The smallest absolute Gasteiger partial charge is 0.290 e. The third kappa shape index (κ3) is 3.75. The summed E-state index contributed by atoms with van der Waals surface area (Å²) >= 11 is 0. The molecular weight excluding hydrogens is 370 g/mol. The van der Waals surface area contributed by atoms with E-state index in [1.54, 1.807) is 40.0 Å². The quantitative estimate of drug-likeness (QED) is 0.700. The molecule has 1 fully saturated rings. The summed E-state index contributed by atoms with van der Waals surface area (Å²) in [7, 11) is 0. The van der Waals surface area contributed by atoms with E-state index in [0.717, 1.165) is 6.42 Å². The van der Waals surface area contributed by atoms with Gasteiger partial charge >= 0.3 is 0 Å². The number of hydrogen-bond acceptors (Lipinski definition) is 6. The van der Waals surface area contributed by atoms with Crippen molar-refractivity contribution in [3.63, 3.8) is 0 Å². The molecule has 0 bridgehead atoms.